The summed E-state index contributed by atoms with van der Waals surface area (Å²) < 4.78 is 0. The van der Waals surface area contributed by atoms with Gasteiger partial charge in [-0.25, -0.2) is 0 Å². The van der Waals surface area contributed by atoms with E-state index in [9.17, 15) is 0 Å². The third-order valence-electron chi connectivity index (χ3n) is 4.49. The van der Waals surface area contributed by atoms with Crippen LogP contribution < -0.4 is 10.6 Å². The van der Waals surface area contributed by atoms with Gasteiger partial charge in [0.2, 0.25) is 0 Å². The molecular formula is C17H28N2. The first-order valence-corrected chi connectivity index (χ1v) is 7.78. The Balaban J connectivity index is 1.96. The van der Waals surface area contributed by atoms with E-state index in [4.69, 9.17) is 5.73 Å². The van der Waals surface area contributed by atoms with E-state index in [-0.39, 0.29) is 0 Å². The van der Waals surface area contributed by atoms with Gasteiger partial charge in [-0.3, -0.25) is 0 Å². The van der Waals surface area contributed by atoms with E-state index in [2.05, 4.69) is 43.1 Å². The average Bonchev–Trinajstić information content (AvgIpc) is 2.48. The average molecular weight is 260 g/mol. The van der Waals surface area contributed by atoms with E-state index in [0.29, 0.717) is 6.04 Å². The van der Waals surface area contributed by atoms with Crippen LogP contribution in [0.1, 0.15) is 51.0 Å². The molecule has 0 spiro atoms. The second kappa shape index (κ2) is 6.95. The van der Waals surface area contributed by atoms with Crippen molar-refractivity contribution in [2.75, 3.05) is 11.9 Å². The number of nitrogens with zero attached hydrogens (tertiary/aromatic N) is 1. The van der Waals surface area contributed by atoms with Crippen molar-refractivity contribution in [2.24, 2.45) is 5.73 Å². The van der Waals surface area contributed by atoms with Crippen LogP contribution >= 0.6 is 0 Å². The lowest BCUT2D eigenvalue weighted by Crippen LogP contribution is -2.33. The quantitative estimate of drug-likeness (QED) is 0.874. The van der Waals surface area contributed by atoms with Crippen molar-refractivity contribution in [1.29, 1.82) is 0 Å². The van der Waals surface area contributed by atoms with Crippen LogP contribution in [-0.2, 0) is 6.42 Å². The summed E-state index contributed by atoms with van der Waals surface area (Å²) in [5.74, 6) is 0. The molecule has 2 N–H and O–H groups in total. The maximum absolute atomic E-state index is 6.01. The highest BCUT2D eigenvalue weighted by atomic mass is 15.1. The molecule has 1 fully saturated rings. The summed E-state index contributed by atoms with van der Waals surface area (Å²) in [6, 6.07) is 10.0. The first-order valence-electron chi connectivity index (χ1n) is 7.78. The maximum Gasteiger partial charge on any atom is 0.0366 e. The number of rotatable bonds is 5. The molecule has 1 unspecified atom stereocenters. The van der Waals surface area contributed by atoms with Gasteiger partial charge in [0.25, 0.3) is 0 Å². The smallest absolute Gasteiger partial charge is 0.0366 e. The zero-order valence-electron chi connectivity index (χ0n) is 12.4. The summed E-state index contributed by atoms with van der Waals surface area (Å²) in [5.41, 5.74) is 8.71. The number of nitrogens with two attached hydrogens (primary N) is 1. The van der Waals surface area contributed by atoms with Gasteiger partial charge >= 0.3 is 0 Å². The summed E-state index contributed by atoms with van der Waals surface area (Å²) in [5, 5.41) is 0. The highest BCUT2D eigenvalue weighted by molar-refractivity contribution is 5.48. The first kappa shape index (κ1) is 14.4. The van der Waals surface area contributed by atoms with Gasteiger partial charge in [-0.1, -0.05) is 38.3 Å². The Morgan fingerprint density at radius 1 is 1.16 bits per heavy atom. The van der Waals surface area contributed by atoms with E-state index in [1.807, 2.05) is 0 Å². The van der Waals surface area contributed by atoms with Crippen LogP contribution in [0, 0.1) is 0 Å². The van der Waals surface area contributed by atoms with E-state index in [1.165, 1.54) is 43.4 Å². The van der Waals surface area contributed by atoms with Crippen LogP contribution in [0.25, 0.3) is 0 Å². The molecule has 0 radical (unpaired) electrons. The minimum absolute atomic E-state index is 0.293. The van der Waals surface area contributed by atoms with Crippen LogP contribution in [0.4, 0.5) is 5.69 Å². The van der Waals surface area contributed by atoms with E-state index < -0.39 is 0 Å². The minimum atomic E-state index is 0.293. The van der Waals surface area contributed by atoms with Gasteiger partial charge in [-0.15, -0.1) is 0 Å². The summed E-state index contributed by atoms with van der Waals surface area (Å²) in [4.78, 5) is 2.46. The number of anilines is 1. The Bertz CT molecular complexity index is 365. The van der Waals surface area contributed by atoms with Gasteiger partial charge in [-0.05, 0) is 43.4 Å². The van der Waals surface area contributed by atoms with Crippen molar-refractivity contribution in [3.8, 4) is 0 Å². The molecule has 2 heteroatoms. The van der Waals surface area contributed by atoms with Crippen LogP contribution in [-0.4, -0.2) is 19.1 Å². The Kier molecular flexibility index (Phi) is 5.26. The van der Waals surface area contributed by atoms with Crippen molar-refractivity contribution < 1.29 is 0 Å². The molecule has 0 heterocycles. The first-order chi connectivity index (χ1) is 9.20. The standard InChI is InChI=1S/C17H28N2/c1-3-15(18)13-14-9-11-17(12-10-14)19(2)16-7-5-4-6-8-16/h9-12,15-16H,3-8,13,18H2,1-2H3. The molecule has 0 bridgehead atoms. The fourth-order valence-corrected chi connectivity index (χ4v) is 2.99. The maximum atomic E-state index is 6.01. The molecule has 0 aromatic heterocycles. The summed E-state index contributed by atoms with van der Waals surface area (Å²) >= 11 is 0. The predicted molar refractivity (Wildman–Crippen MR) is 83.7 cm³/mol. The highest BCUT2D eigenvalue weighted by Crippen LogP contribution is 2.26. The molecule has 2 rings (SSSR count). The van der Waals surface area contributed by atoms with Gasteiger partial charge in [0.15, 0.2) is 0 Å². The van der Waals surface area contributed by atoms with Crippen LogP contribution in [0.15, 0.2) is 24.3 Å². The molecule has 1 aromatic carbocycles. The summed E-state index contributed by atoms with van der Waals surface area (Å²) in [7, 11) is 2.24. The summed E-state index contributed by atoms with van der Waals surface area (Å²) in [6.07, 6.45) is 8.92. The molecule has 0 aliphatic heterocycles. The number of hydrogen-bond donors (Lipinski definition) is 1. The van der Waals surface area contributed by atoms with Crippen LogP contribution in [0.2, 0.25) is 0 Å². The molecule has 1 saturated carbocycles. The van der Waals surface area contributed by atoms with Gasteiger partial charge < -0.3 is 10.6 Å². The fraction of sp³-hybridized carbons (Fsp3) is 0.647. The molecule has 1 aromatic rings. The zero-order chi connectivity index (χ0) is 13.7. The van der Waals surface area contributed by atoms with E-state index in [1.54, 1.807) is 0 Å². The van der Waals surface area contributed by atoms with Crippen LogP contribution in [0.3, 0.4) is 0 Å². The van der Waals surface area contributed by atoms with Gasteiger partial charge in [0, 0.05) is 24.8 Å². The zero-order valence-corrected chi connectivity index (χ0v) is 12.4. The van der Waals surface area contributed by atoms with Crippen molar-refractivity contribution in [3.05, 3.63) is 29.8 Å². The lowest BCUT2D eigenvalue weighted by molar-refractivity contribution is 0.427. The molecule has 0 saturated heterocycles. The predicted octanol–water partition coefficient (Wildman–Crippen LogP) is 3.74. The third kappa shape index (κ3) is 3.97. The molecule has 19 heavy (non-hydrogen) atoms. The lowest BCUT2D eigenvalue weighted by atomic mass is 9.94. The molecule has 1 aliphatic rings. The Morgan fingerprint density at radius 2 is 1.79 bits per heavy atom. The van der Waals surface area contributed by atoms with Crippen molar-refractivity contribution in [2.45, 2.75) is 64.0 Å². The number of hydrogen-bond acceptors (Lipinski definition) is 2. The second-order valence-electron chi connectivity index (χ2n) is 5.94. The van der Waals surface area contributed by atoms with E-state index in [0.717, 1.165) is 18.9 Å². The lowest BCUT2D eigenvalue weighted by Gasteiger charge is -2.33. The molecule has 1 aliphatic carbocycles. The Labute approximate surface area is 118 Å². The topological polar surface area (TPSA) is 29.3 Å². The molecule has 1 atom stereocenters. The minimum Gasteiger partial charge on any atom is -0.372 e. The normalized spacial score (nSPS) is 18.3. The molecule has 0 amide bonds. The SMILES string of the molecule is CCC(N)Cc1ccc(N(C)C2CCCCC2)cc1. The Morgan fingerprint density at radius 3 is 2.37 bits per heavy atom. The highest BCUT2D eigenvalue weighted by Gasteiger charge is 2.18. The van der Waals surface area contributed by atoms with Gasteiger partial charge in [-0.2, -0.15) is 0 Å². The van der Waals surface area contributed by atoms with Crippen molar-refractivity contribution in [1.82, 2.24) is 0 Å². The van der Waals surface area contributed by atoms with Crippen LogP contribution in [0.5, 0.6) is 0 Å². The number of benzene rings is 1. The van der Waals surface area contributed by atoms with Gasteiger partial charge in [0.1, 0.15) is 0 Å². The van der Waals surface area contributed by atoms with Crippen molar-refractivity contribution in [3.63, 3.8) is 0 Å². The summed E-state index contributed by atoms with van der Waals surface area (Å²) in [6.45, 7) is 2.15. The fourth-order valence-electron chi connectivity index (χ4n) is 2.99. The molecule has 106 valence electrons. The third-order valence-corrected chi connectivity index (χ3v) is 4.49. The molecular weight excluding hydrogens is 232 g/mol. The van der Waals surface area contributed by atoms with Gasteiger partial charge in [0.05, 0.1) is 0 Å². The van der Waals surface area contributed by atoms with Crippen molar-refractivity contribution >= 4 is 5.69 Å². The monoisotopic (exact) mass is 260 g/mol. The Hall–Kier alpha value is -1.02. The van der Waals surface area contributed by atoms with E-state index >= 15 is 0 Å². The largest absolute Gasteiger partial charge is 0.372 e. The molecule has 2 nitrogen and oxygen atoms in total. The second-order valence-corrected chi connectivity index (χ2v) is 5.94.